The van der Waals surface area contributed by atoms with Crippen LogP contribution >= 0.6 is 0 Å². The van der Waals surface area contributed by atoms with Gasteiger partial charge >= 0.3 is 0 Å². The fraction of sp³-hybridized carbons (Fsp3) is 0.421. The average Bonchev–Trinajstić information content (AvgIpc) is 2.55. The Hall–Kier alpha value is -2.03. The van der Waals surface area contributed by atoms with Gasteiger partial charge in [0, 0.05) is 11.8 Å². The highest BCUT2D eigenvalue weighted by Gasteiger charge is 2.00. The minimum atomic E-state index is 0.463. The summed E-state index contributed by atoms with van der Waals surface area (Å²) in [4.78, 5) is 4.27. The fourth-order valence-electron chi connectivity index (χ4n) is 1.85. The minimum Gasteiger partial charge on any atom is -0.497 e. The van der Waals surface area contributed by atoms with Gasteiger partial charge in [0.1, 0.15) is 5.75 Å². The first-order valence-electron chi connectivity index (χ1n) is 7.62. The molecule has 0 saturated carbocycles. The van der Waals surface area contributed by atoms with Crippen LogP contribution in [-0.4, -0.2) is 19.2 Å². The summed E-state index contributed by atoms with van der Waals surface area (Å²) in [5.74, 6) is 2.68. The van der Waals surface area contributed by atoms with Gasteiger partial charge in [-0.05, 0) is 35.6 Å². The zero-order chi connectivity index (χ0) is 16.5. The summed E-state index contributed by atoms with van der Waals surface area (Å²) in [6.45, 7) is 8.59. The SMILES string of the molecule is COc1ccc(C(C)C)cc1.COc1cccc(C(C)C)n1. The quantitative estimate of drug-likeness (QED) is 0.793. The number of nitrogens with zero attached hydrogens (tertiary/aromatic N) is 1. The van der Waals surface area contributed by atoms with Gasteiger partial charge in [-0.2, -0.15) is 0 Å². The molecule has 3 nitrogen and oxygen atoms in total. The summed E-state index contributed by atoms with van der Waals surface area (Å²) < 4.78 is 10.0. The van der Waals surface area contributed by atoms with Gasteiger partial charge in [-0.1, -0.05) is 45.9 Å². The van der Waals surface area contributed by atoms with E-state index in [-0.39, 0.29) is 0 Å². The Morgan fingerprint density at radius 1 is 0.773 bits per heavy atom. The van der Waals surface area contributed by atoms with E-state index >= 15 is 0 Å². The highest BCUT2D eigenvalue weighted by Crippen LogP contribution is 2.17. The van der Waals surface area contributed by atoms with E-state index in [0.29, 0.717) is 17.7 Å². The van der Waals surface area contributed by atoms with Crippen LogP contribution in [0.5, 0.6) is 11.6 Å². The molecular weight excluding hydrogens is 274 g/mol. The molecule has 0 unspecified atom stereocenters. The summed E-state index contributed by atoms with van der Waals surface area (Å²) >= 11 is 0. The molecule has 120 valence electrons. The Balaban J connectivity index is 0.000000220. The number of rotatable bonds is 4. The first-order valence-corrected chi connectivity index (χ1v) is 7.62. The van der Waals surface area contributed by atoms with E-state index in [1.54, 1.807) is 14.2 Å². The minimum absolute atomic E-state index is 0.463. The molecule has 0 spiro atoms. The Morgan fingerprint density at radius 3 is 1.86 bits per heavy atom. The molecule has 22 heavy (non-hydrogen) atoms. The molecule has 2 aromatic rings. The lowest BCUT2D eigenvalue weighted by molar-refractivity contribution is 0.395. The summed E-state index contributed by atoms with van der Waals surface area (Å²) in [5, 5.41) is 0. The van der Waals surface area contributed by atoms with Gasteiger partial charge in [-0.3, -0.25) is 0 Å². The lowest BCUT2D eigenvalue weighted by Crippen LogP contribution is -1.94. The van der Waals surface area contributed by atoms with Gasteiger partial charge in [-0.15, -0.1) is 0 Å². The Labute approximate surface area is 134 Å². The molecule has 0 amide bonds. The van der Waals surface area contributed by atoms with Gasteiger partial charge < -0.3 is 9.47 Å². The molecule has 0 radical (unpaired) electrons. The topological polar surface area (TPSA) is 31.4 Å². The van der Waals surface area contributed by atoms with Crippen molar-refractivity contribution in [3.63, 3.8) is 0 Å². The van der Waals surface area contributed by atoms with Crippen molar-refractivity contribution >= 4 is 0 Å². The van der Waals surface area contributed by atoms with Gasteiger partial charge in [0.25, 0.3) is 0 Å². The summed E-state index contributed by atoms with van der Waals surface area (Å²) in [7, 11) is 3.32. The molecule has 0 bridgehead atoms. The van der Waals surface area contributed by atoms with Gasteiger partial charge in [0.05, 0.1) is 14.2 Å². The second-order valence-electron chi connectivity index (χ2n) is 5.69. The Morgan fingerprint density at radius 2 is 1.41 bits per heavy atom. The number of ether oxygens (including phenoxy) is 2. The molecule has 0 saturated heterocycles. The van der Waals surface area contributed by atoms with Gasteiger partial charge in [0.15, 0.2) is 0 Å². The lowest BCUT2D eigenvalue weighted by atomic mass is 10.0. The molecule has 3 heteroatoms. The molecule has 0 aliphatic rings. The van der Waals surface area contributed by atoms with Crippen molar-refractivity contribution in [1.29, 1.82) is 0 Å². The summed E-state index contributed by atoms with van der Waals surface area (Å²) in [6, 6.07) is 14.0. The van der Waals surface area contributed by atoms with Crippen LogP contribution in [0, 0.1) is 0 Å². The number of aromatic nitrogens is 1. The third kappa shape index (κ3) is 5.76. The Bertz CT molecular complexity index is 548. The number of benzene rings is 1. The number of hydrogen-bond donors (Lipinski definition) is 0. The molecule has 0 aliphatic heterocycles. The van der Waals surface area contributed by atoms with E-state index in [4.69, 9.17) is 9.47 Å². The van der Waals surface area contributed by atoms with Gasteiger partial charge in [-0.25, -0.2) is 4.98 Å². The Kier molecular flexibility index (Phi) is 7.44. The third-order valence-corrected chi connectivity index (χ3v) is 3.33. The van der Waals surface area contributed by atoms with E-state index in [1.165, 1.54) is 5.56 Å². The zero-order valence-electron chi connectivity index (χ0n) is 14.5. The monoisotopic (exact) mass is 301 g/mol. The molecule has 1 aromatic heterocycles. The average molecular weight is 301 g/mol. The van der Waals surface area contributed by atoms with Crippen molar-refractivity contribution in [2.24, 2.45) is 0 Å². The van der Waals surface area contributed by atoms with Crippen molar-refractivity contribution < 1.29 is 9.47 Å². The van der Waals surface area contributed by atoms with Crippen LogP contribution in [0.25, 0.3) is 0 Å². The second-order valence-corrected chi connectivity index (χ2v) is 5.69. The summed E-state index contributed by atoms with van der Waals surface area (Å²) in [6.07, 6.45) is 0. The van der Waals surface area contributed by atoms with Crippen LogP contribution in [0.4, 0.5) is 0 Å². The molecule has 0 aliphatic carbocycles. The predicted molar refractivity (Wildman–Crippen MR) is 92.0 cm³/mol. The lowest BCUT2D eigenvalue weighted by Gasteiger charge is -2.05. The van der Waals surface area contributed by atoms with Crippen molar-refractivity contribution in [1.82, 2.24) is 4.98 Å². The highest BCUT2D eigenvalue weighted by atomic mass is 16.5. The van der Waals surface area contributed by atoms with Crippen molar-refractivity contribution in [2.75, 3.05) is 14.2 Å². The van der Waals surface area contributed by atoms with E-state index in [9.17, 15) is 0 Å². The third-order valence-electron chi connectivity index (χ3n) is 3.33. The molecule has 0 fully saturated rings. The maximum atomic E-state index is 5.05. The van der Waals surface area contributed by atoms with E-state index in [1.807, 2.05) is 30.3 Å². The van der Waals surface area contributed by atoms with E-state index < -0.39 is 0 Å². The number of methoxy groups -OCH3 is 2. The normalized spacial score (nSPS) is 10.2. The fourth-order valence-corrected chi connectivity index (χ4v) is 1.85. The molecule has 2 rings (SSSR count). The van der Waals surface area contributed by atoms with E-state index in [0.717, 1.165) is 11.4 Å². The number of hydrogen-bond acceptors (Lipinski definition) is 3. The number of pyridine rings is 1. The molecular formula is C19H27NO2. The van der Waals surface area contributed by atoms with Crippen molar-refractivity contribution in [2.45, 2.75) is 39.5 Å². The molecule has 1 aromatic carbocycles. The van der Waals surface area contributed by atoms with Gasteiger partial charge in [0.2, 0.25) is 5.88 Å². The zero-order valence-corrected chi connectivity index (χ0v) is 14.5. The van der Waals surface area contributed by atoms with Crippen LogP contribution < -0.4 is 9.47 Å². The molecule has 0 N–H and O–H groups in total. The van der Waals surface area contributed by atoms with Crippen LogP contribution in [0.3, 0.4) is 0 Å². The molecule has 0 atom stereocenters. The highest BCUT2D eigenvalue weighted by molar-refractivity contribution is 5.28. The van der Waals surface area contributed by atoms with Crippen molar-refractivity contribution in [3.8, 4) is 11.6 Å². The molecule has 1 heterocycles. The van der Waals surface area contributed by atoms with Crippen molar-refractivity contribution in [3.05, 3.63) is 53.7 Å². The van der Waals surface area contributed by atoms with E-state index in [2.05, 4.69) is 44.8 Å². The smallest absolute Gasteiger partial charge is 0.213 e. The second kappa shape index (κ2) is 9.08. The first kappa shape index (κ1) is 18.0. The first-order chi connectivity index (χ1) is 10.5. The van der Waals surface area contributed by atoms with Crippen LogP contribution in [0.15, 0.2) is 42.5 Å². The van der Waals surface area contributed by atoms with Crippen LogP contribution in [-0.2, 0) is 0 Å². The van der Waals surface area contributed by atoms with Crippen LogP contribution in [0.1, 0.15) is 50.8 Å². The maximum Gasteiger partial charge on any atom is 0.213 e. The maximum absolute atomic E-state index is 5.05. The summed E-state index contributed by atoms with van der Waals surface area (Å²) in [5.41, 5.74) is 2.43. The largest absolute Gasteiger partial charge is 0.497 e. The van der Waals surface area contributed by atoms with Crippen LogP contribution in [0.2, 0.25) is 0 Å². The standard InChI is InChI=1S/C10H14O.C9H13NO/c1-8(2)9-4-6-10(11-3)7-5-9;1-7(2)8-5-4-6-9(10-8)11-3/h4-8H,1-3H3;4-7H,1-3H3. The predicted octanol–water partition coefficient (Wildman–Crippen LogP) is 5.03.